The van der Waals surface area contributed by atoms with Crippen molar-refractivity contribution in [3.05, 3.63) is 40.3 Å². The molecule has 4 rings (SSSR count). The van der Waals surface area contributed by atoms with E-state index < -0.39 is 6.04 Å². The van der Waals surface area contributed by atoms with Crippen LogP contribution in [0.15, 0.2) is 29.1 Å². The highest BCUT2D eigenvalue weighted by Crippen LogP contribution is 2.33. The molecule has 0 radical (unpaired) electrons. The molecule has 1 atom stereocenters. The van der Waals surface area contributed by atoms with Gasteiger partial charge in [0.15, 0.2) is 0 Å². The van der Waals surface area contributed by atoms with Gasteiger partial charge in [0.2, 0.25) is 5.91 Å². The predicted octanol–water partition coefficient (Wildman–Crippen LogP) is 3.88. The summed E-state index contributed by atoms with van der Waals surface area (Å²) in [5.41, 5.74) is 0.658. The average molecular weight is 369 g/mol. The second kappa shape index (κ2) is 6.83. The Morgan fingerprint density at radius 3 is 2.69 bits per heavy atom. The molecule has 5 nitrogen and oxygen atoms in total. The molecule has 1 unspecified atom stereocenters. The van der Waals surface area contributed by atoms with Gasteiger partial charge in [-0.15, -0.1) is 11.3 Å². The topological polar surface area (TPSA) is 55.2 Å². The molecule has 3 heterocycles. The van der Waals surface area contributed by atoms with Gasteiger partial charge in [-0.05, 0) is 38.7 Å². The molecule has 3 aromatic rings. The van der Waals surface area contributed by atoms with Crippen molar-refractivity contribution in [2.75, 3.05) is 13.1 Å². The quantitative estimate of drug-likeness (QED) is 0.704. The first-order chi connectivity index (χ1) is 12.6. The Bertz CT molecular complexity index is 1030. The summed E-state index contributed by atoms with van der Waals surface area (Å²) < 4.78 is 3.44. The molecular formula is C20H23N3O2S. The first-order valence-corrected chi connectivity index (χ1v) is 10.1. The molecule has 136 valence electrons. The van der Waals surface area contributed by atoms with Crippen molar-refractivity contribution in [2.24, 2.45) is 0 Å². The zero-order valence-corrected chi connectivity index (χ0v) is 16.0. The van der Waals surface area contributed by atoms with Crippen LogP contribution in [0.25, 0.3) is 20.2 Å². The van der Waals surface area contributed by atoms with Crippen molar-refractivity contribution in [1.82, 2.24) is 14.7 Å². The minimum absolute atomic E-state index is 0.0279. The van der Waals surface area contributed by atoms with Crippen molar-refractivity contribution < 1.29 is 4.79 Å². The number of thiophene rings is 1. The molecule has 1 aliphatic heterocycles. The fourth-order valence-corrected chi connectivity index (χ4v) is 5.00. The van der Waals surface area contributed by atoms with E-state index in [0.29, 0.717) is 11.8 Å². The summed E-state index contributed by atoms with van der Waals surface area (Å²) in [7, 11) is 0. The molecule has 0 aliphatic carbocycles. The van der Waals surface area contributed by atoms with Crippen molar-refractivity contribution in [2.45, 2.75) is 45.6 Å². The largest absolute Gasteiger partial charge is 0.341 e. The Hall–Kier alpha value is -2.21. The number of likely N-dealkylation sites (tertiary alicyclic amines) is 1. The van der Waals surface area contributed by atoms with E-state index in [1.165, 1.54) is 11.1 Å². The van der Waals surface area contributed by atoms with E-state index >= 15 is 0 Å². The maximum Gasteiger partial charge on any atom is 0.276 e. The first kappa shape index (κ1) is 17.2. The number of aryl methyl sites for hydroxylation is 1. The normalized spacial score (nSPS) is 16.3. The van der Waals surface area contributed by atoms with E-state index in [4.69, 9.17) is 0 Å². The number of rotatable bonds is 3. The third-order valence-electron chi connectivity index (χ3n) is 5.24. The molecule has 1 aliphatic rings. The van der Waals surface area contributed by atoms with Crippen LogP contribution in [0.3, 0.4) is 0 Å². The lowest BCUT2D eigenvalue weighted by atomic mass is 10.1. The molecule has 1 saturated heterocycles. The van der Waals surface area contributed by atoms with E-state index in [1.807, 2.05) is 43.0 Å². The number of nitrogens with zero attached hydrogens (tertiary/aromatic N) is 3. The summed E-state index contributed by atoms with van der Waals surface area (Å²) >= 11 is 1.60. The molecule has 0 spiro atoms. The van der Waals surface area contributed by atoms with Gasteiger partial charge in [-0.2, -0.15) is 5.10 Å². The first-order valence-electron chi connectivity index (χ1n) is 9.31. The van der Waals surface area contributed by atoms with E-state index in [1.54, 1.807) is 11.3 Å². The van der Waals surface area contributed by atoms with Gasteiger partial charge in [-0.1, -0.05) is 25.1 Å². The van der Waals surface area contributed by atoms with Crippen LogP contribution < -0.4 is 5.56 Å². The van der Waals surface area contributed by atoms with Crippen molar-refractivity contribution >= 4 is 37.4 Å². The second-order valence-electron chi connectivity index (χ2n) is 6.95. The highest BCUT2D eigenvalue weighted by atomic mass is 32.1. The predicted molar refractivity (Wildman–Crippen MR) is 106 cm³/mol. The molecule has 1 amide bonds. The zero-order valence-electron chi connectivity index (χ0n) is 15.2. The number of carbonyl (C=O) groups excluding carboxylic acids is 1. The Kier molecular flexibility index (Phi) is 4.53. The van der Waals surface area contributed by atoms with Gasteiger partial charge in [0, 0.05) is 23.2 Å². The monoisotopic (exact) mass is 369 g/mol. The molecule has 1 aromatic carbocycles. The molecular weight excluding hydrogens is 346 g/mol. The Morgan fingerprint density at radius 1 is 1.23 bits per heavy atom. The van der Waals surface area contributed by atoms with Crippen LogP contribution in [0.1, 0.15) is 44.3 Å². The Labute approximate surface area is 156 Å². The summed E-state index contributed by atoms with van der Waals surface area (Å²) in [5.74, 6) is 0.0279. The Balaban J connectivity index is 1.87. The van der Waals surface area contributed by atoms with Crippen molar-refractivity contribution in [3.8, 4) is 0 Å². The van der Waals surface area contributed by atoms with Crippen LogP contribution in [0.4, 0.5) is 0 Å². The van der Waals surface area contributed by atoms with Gasteiger partial charge in [-0.25, -0.2) is 4.68 Å². The van der Waals surface area contributed by atoms with Gasteiger partial charge < -0.3 is 4.90 Å². The van der Waals surface area contributed by atoms with E-state index in [0.717, 1.165) is 46.4 Å². The van der Waals surface area contributed by atoms with Gasteiger partial charge in [0.25, 0.3) is 5.56 Å². The molecule has 0 bridgehead atoms. The summed E-state index contributed by atoms with van der Waals surface area (Å²) in [6, 6.07) is 7.41. The van der Waals surface area contributed by atoms with Crippen LogP contribution in [0, 0.1) is 6.92 Å². The lowest BCUT2D eigenvalue weighted by molar-refractivity contribution is -0.136. The SMILES string of the molecule is CCC(C(=O)N1CCCCC1)n1nc(C)c2sc3ccccc3c2c1=O. The zero-order chi connectivity index (χ0) is 18.3. The number of piperidine rings is 1. The number of benzene rings is 1. The van der Waals surface area contributed by atoms with E-state index in [9.17, 15) is 9.59 Å². The highest BCUT2D eigenvalue weighted by Gasteiger charge is 2.28. The Morgan fingerprint density at radius 2 is 1.96 bits per heavy atom. The number of hydrogen-bond donors (Lipinski definition) is 0. The number of amides is 1. The second-order valence-corrected chi connectivity index (χ2v) is 8.00. The van der Waals surface area contributed by atoms with E-state index in [-0.39, 0.29) is 11.5 Å². The van der Waals surface area contributed by atoms with Crippen molar-refractivity contribution in [3.63, 3.8) is 0 Å². The molecule has 0 N–H and O–H groups in total. The minimum atomic E-state index is -0.526. The number of aromatic nitrogens is 2. The number of fused-ring (bicyclic) bond motifs is 3. The third-order valence-corrected chi connectivity index (χ3v) is 6.52. The standard InChI is InChI=1S/C20H23N3O2S/c1-3-15(19(24)22-11-7-4-8-12-22)23-20(25)17-14-9-5-6-10-16(14)26-18(17)13(2)21-23/h5-6,9-10,15H,3-4,7-8,11-12H2,1-2H3. The van der Waals surface area contributed by atoms with Crippen LogP contribution in [-0.4, -0.2) is 33.7 Å². The van der Waals surface area contributed by atoms with Crippen molar-refractivity contribution in [1.29, 1.82) is 0 Å². The average Bonchev–Trinajstić information content (AvgIpc) is 3.07. The molecule has 0 saturated carbocycles. The number of carbonyl (C=O) groups is 1. The maximum atomic E-state index is 13.3. The molecule has 6 heteroatoms. The minimum Gasteiger partial charge on any atom is -0.341 e. The summed E-state index contributed by atoms with van der Waals surface area (Å²) in [5, 5.41) is 6.20. The van der Waals surface area contributed by atoms with Gasteiger partial charge >= 0.3 is 0 Å². The summed E-state index contributed by atoms with van der Waals surface area (Å²) in [4.78, 5) is 28.2. The molecule has 1 fully saturated rings. The fraction of sp³-hybridized carbons (Fsp3) is 0.450. The van der Waals surface area contributed by atoms with Crippen LogP contribution >= 0.6 is 11.3 Å². The van der Waals surface area contributed by atoms with Crippen LogP contribution in [-0.2, 0) is 4.79 Å². The van der Waals surface area contributed by atoms with Gasteiger partial charge in [0.1, 0.15) is 6.04 Å². The van der Waals surface area contributed by atoms with E-state index in [2.05, 4.69) is 5.10 Å². The highest BCUT2D eigenvalue weighted by molar-refractivity contribution is 7.26. The van der Waals surface area contributed by atoms with Gasteiger partial charge in [-0.3, -0.25) is 9.59 Å². The summed E-state index contributed by atoms with van der Waals surface area (Å²) in [6.45, 7) is 5.44. The smallest absolute Gasteiger partial charge is 0.276 e. The maximum absolute atomic E-state index is 13.3. The third kappa shape index (κ3) is 2.72. The van der Waals surface area contributed by atoms with Crippen LogP contribution in [0.5, 0.6) is 0 Å². The number of hydrogen-bond acceptors (Lipinski definition) is 4. The fourth-order valence-electron chi connectivity index (χ4n) is 3.87. The van der Waals surface area contributed by atoms with Gasteiger partial charge in [0.05, 0.1) is 15.8 Å². The lowest BCUT2D eigenvalue weighted by Gasteiger charge is -2.30. The molecule has 26 heavy (non-hydrogen) atoms. The lowest BCUT2D eigenvalue weighted by Crippen LogP contribution is -2.43. The van der Waals surface area contributed by atoms with Crippen LogP contribution in [0.2, 0.25) is 0 Å². The molecule has 2 aromatic heterocycles. The summed E-state index contributed by atoms with van der Waals surface area (Å²) in [6.07, 6.45) is 3.81.